The van der Waals surface area contributed by atoms with Gasteiger partial charge in [-0.15, -0.1) is 0 Å². The van der Waals surface area contributed by atoms with Gasteiger partial charge in [0, 0.05) is 25.6 Å². The molecular formula is C27H30N2O5. The Balaban J connectivity index is 1.17. The fraction of sp³-hybridized carbons (Fsp3) is 0.444. The summed E-state index contributed by atoms with van der Waals surface area (Å²) >= 11 is 0. The van der Waals surface area contributed by atoms with Crippen molar-refractivity contribution in [1.82, 2.24) is 10.2 Å². The van der Waals surface area contributed by atoms with Gasteiger partial charge in [-0.25, -0.2) is 4.79 Å². The van der Waals surface area contributed by atoms with Crippen molar-refractivity contribution in [3.8, 4) is 11.1 Å². The lowest BCUT2D eigenvalue weighted by atomic mass is 9.67. The number of nitrogens with zero attached hydrogens (tertiary/aromatic N) is 1. The van der Waals surface area contributed by atoms with E-state index in [-0.39, 0.29) is 30.9 Å². The summed E-state index contributed by atoms with van der Waals surface area (Å²) < 4.78 is 5.63. The number of carboxylic acid groups (broad SMARTS) is 1. The lowest BCUT2D eigenvalue weighted by molar-refractivity contribution is -0.152. The zero-order valence-electron chi connectivity index (χ0n) is 19.2. The number of carboxylic acids is 1. The van der Waals surface area contributed by atoms with E-state index < -0.39 is 17.5 Å². The molecule has 7 heteroatoms. The number of fused-ring (bicyclic) bond motifs is 3. The molecule has 0 atom stereocenters. The first-order valence-corrected chi connectivity index (χ1v) is 12.1. The minimum absolute atomic E-state index is 0.00650. The van der Waals surface area contributed by atoms with Gasteiger partial charge in [0.2, 0.25) is 5.91 Å². The molecule has 0 radical (unpaired) electrons. The number of benzene rings is 2. The Morgan fingerprint density at radius 3 is 2.09 bits per heavy atom. The number of hydrogen-bond acceptors (Lipinski definition) is 4. The second kappa shape index (κ2) is 9.12. The third kappa shape index (κ3) is 4.04. The van der Waals surface area contributed by atoms with Gasteiger partial charge in [0.15, 0.2) is 0 Å². The number of likely N-dealkylation sites (tertiary alicyclic amines) is 1. The zero-order chi connectivity index (χ0) is 23.7. The van der Waals surface area contributed by atoms with Crippen molar-refractivity contribution in [3.63, 3.8) is 0 Å². The summed E-state index contributed by atoms with van der Waals surface area (Å²) in [6.07, 6.45) is 2.87. The predicted molar refractivity (Wildman–Crippen MR) is 126 cm³/mol. The van der Waals surface area contributed by atoms with Crippen LogP contribution in [0.25, 0.3) is 11.1 Å². The second-order valence-corrected chi connectivity index (χ2v) is 9.72. The molecule has 0 unspecified atom stereocenters. The van der Waals surface area contributed by atoms with E-state index in [0.717, 1.165) is 30.4 Å². The maximum Gasteiger partial charge on any atom is 0.407 e. The van der Waals surface area contributed by atoms with Crippen LogP contribution in [0, 0.1) is 11.3 Å². The Labute approximate surface area is 199 Å². The summed E-state index contributed by atoms with van der Waals surface area (Å²) in [5.74, 6) is -1.14. The van der Waals surface area contributed by atoms with Crippen LogP contribution in [0.4, 0.5) is 4.79 Å². The van der Waals surface area contributed by atoms with E-state index in [1.165, 1.54) is 11.1 Å². The first kappa shape index (κ1) is 22.4. The van der Waals surface area contributed by atoms with E-state index >= 15 is 0 Å². The van der Waals surface area contributed by atoms with Crippen LogP contribution in [0.1, 0.15) is 49.1 Å². The van der Waals surface area contributed by atoms with Crippen LogP contribution in [0.3, 0.4) is 0 Å². The average Bonchev–Trinajstić information content (AvgIpc) is 3.15. The lowest BCUT2D eigenvalue weighted by Crippen LogP contribution is -2.55. The maximum absolute atomic E-state index is 13.2. The summed E-state index contributed by atoms with van der Waals surface area (Å²) in [6, 6.07) is 16.4. The first-order valence-electron chi connectivity index (χ1n) is 12.1. The van der Waals surface area contributed by atoms with Crippen molar-refractivity contribution in [1.29, 1.82) is 0 Å². The van der Waals surface area contributed by atoms with Crippen molar-refractivity contribution in [2.75, 3.05) is 26.2 Å². The Bertz CT molecular complexity index is 1060. The van der Waals surface area contributed by atoms with Gasteiger partial charge in [-0.1, -0.05) is 55.0 Å². The summed E-state index contributed by atoms with van der Waals surface area (Å²) in [6.45, 7) is 1.41. The van der Waals surface area contributed by atoms with Crippen molar-refractivity contribution in [2.24, 2.45) is 11.3 Å². The van der Waals surface area contributed by atoms with Crippen LogP contribution in [0.15, 0.2) is 48.5 Å². The van der Waals surface area contributed by atoms with Crippen LogP contribution in [0.5, 0.6) is 0 Å². The standard InChI is InChI=1S/C27H30N2O5/c30-24(31)18-10-14-29(15-11-18)25(32)27(12-5-13-27)17-28-26(33)34-16-23-21-8-3-1-6-19(21)20-7-2-4-9-22(20)23/h1-4,6-9,18,23H,5,10-17H2,(H,28,33)(H,30,31). The van der Waals surface area contributed by atoms with E-state index in [9.17, 15) is 19.5 Å². The minimum Gasteiger partial charge on any atom is -0.481 e. The van der Waals surface area contributed by atoms with Crippen LogP contribution >= 0.6 is 0 Å². The fourth-order valence-electron chi connectivity index (χ4n) is 5.63. The summed E-state index contributed by atoms with van der Waals surface area (Å²) in [5.41, 5.74) is 4.08. The molecule has 2 aliphatic carbocycles. The van der Waals surface area contributed by atoms with Crippen LogP contribution in [-0.2, 0) is 14.3 Å². The number of alkyl carbamates (subject to hydrolysis) is 1. The van der Waals surface area contributed by atoms with Gasteiger partial charge in [-0.2, -0.15) is 0 Å². The highest BCUT2D eigenvalue weighted by molar-refractivity contribution is 5.85. The lowest BCUT2D eigenvalue weighted by Gasteiger charge is -2.44. The van der Waals surface area contributed by atoms with Crippen LogP contribution in [-0.4, -0.2) is 54.2 Å². The van der Waals surface area contributed by atoms with Crippen molar-refractivity contribution in [2.45, 2.75) is 38.0 Å². The molecule has 5 rings (SSSR count). The van der Waals surface area contributed by atoms with Gasteiger partial charge in [-0.3, -0.25) is 9.59 Å². The number of ether oxygens (including phenoxy) is 1. The quantitative estimate of drug-likeness (QED) is 0.676. The molecule has 1 heterocycles. The molecule has 2 fully saturated rings. The molecule has 0 aromatic heterocycles. The molecule has 0 spiro atoms. The Morgan fingerprint density at radius 1 is 0.971 bits per heavy atom. The van der Waals surface area contributed by atoms with E-state index in [0.29, 0.717) is 25.9 Å². The van der Waals surface area contributed by atoms with E-state index in [2.05, 4.69) is 29.6 Å². The normalized spacial score (nSPS) is 19.0. The number of carbonyl (C=O) groups is 3. The number of nitrogens with one attached hydrogen (secondary N) is 1. The number of aliphatic carboxylic acids is 1. The fourth-order valence-corrected chi connectivity index (χ4v) is 5.63. The average molecular weight is 463 g/mol. The molecular weight excluding hydrogens is 432 g/mol. The van der Waals surface area contributed by atoms with Gasteiger partial charge in [0.1, 0.15) is 6.61 Å². The highest BCUT2D eigenvalue weighted by Crippen LogP contribution is 2.45. The Morgan fingerprint density at radius 2 is 1.56 bits per heavy atom. The summed E-state index contributed by atoms with van der Waals surface area (Å²) in [7, 11) is 0. The minimum atomic E-state index is -0.789. The SMILES string of the molecule is O=C(NCC1(C(=O)N2CCC(C(=O)O)CC2)CCC1)OCC1c2ccccc2-c2ccccc21. The molecule has 2 amide bonds. The second-order valence-electron chi connectivity index (χ2n) is 9.72. The topological polar surface area (TPSA) is 95.9 Å². The molecule has 3 aliphatic rings. The van der Waals surface area contributed by atoms with E-state index in [4.69, 9.17) is 4.74 Å². The van der Waals surface area contributed by atoms with Crippen molar-refractivity contribution >= 4 is 18.0 Å². The smallest absolute Gasteiger partial charge is 0.407 e. The molecule has 7 nitrogen and oxygen atoms in total. The highest BCUT2D eigenvalue weighted by atomic mass is 16.5. The number of rotatable bonds is 6. The third-order valence-corrected chi connectivity index (χ3v) is 7.81. The molecule has 2 aromatic rings. The highest BCUT2D eigenvalue weighted by Gasteiger charge is 2.47. The van der Waals surface area contributed by atoms with Gasteiger partial charge in [0.05, 0.1) is 11.3 Å². The van der Waals surface area contributed by atoms with E-state index in [1.807, 2.05) is 24.3 Å². The van der Waals surface area contributed by atoms with Gasteiger partial charge in [0.25, 0.3) is 0 Å². The molecule has 1 saturated carbocycles. The molecule has 178 valence electrons. The summed E-state index contributed by atoms with van der Waals surface area (Å²) in [4.78, 5) is 38.8. The maximum atomic E-state index is 13.2. The van der Waals surface area contributed by atoms with Crippen LogP contribution < -0.4 is 5.32 Å². The van der Waals surface area contributed by atoms with Crippen molar-refractivity contribution in [3.05, 3.63) is 59.7 Å². The first-order chi connectivity index (χ1) is 16.5. The number of amides is 2. The monoisotopic (exact) mass is 462 g/mol. The van der Waals surface area contributed by atoms with Gasteiger partial charge < -0.3 is 20.1 Å². The molecule has 1 saturated heterocycles. The largest absolute Gasteiger partial charge is 0.481 e. The third-order valence-electron chi connectivity index (χ3n) is 7.81. The Kier molecular flexibility index (Phi) is 6.02. The molecule has 2 N–H and O–H groups in total. The van der Waals surface area contributed by atoms with E-state index in [1.54, 1.807) is 4.90 Å². The predicted octanol–water partition coefficient (Wildman–Crippen LogP) is 4.02. The van der Waals surface area contributed by atoms with Crippen LogP contribution in [0.2, 0.25) is 0 Å². The van der Waals surface area contributed by atoms with Gasteiger partial charge >= 0.3 is 12.1 Å². The molecule has 1 aliphatic heterocycles. The van der Waals surface area contributed by atoms with Gasteiger partial charge in [-0.05, 0) is 47.9 Å². The molecule has 34 heavy (non-hydrogen) atoms. The summed E-state index contributed by atoms with van der Waals surface area (Å²) in [5, 5.41) is 12.0. The molecule has 0 bridgehead atoms. The number of carbonyl (C=O) groups excluding carboxylic acids is 2. The number of piperidine rings is 1. The van der Waals surface area contributed by atoms with Crippen molar-refractivity contribution < 1.29 is 24.2 Å². The zero-order valence-corrected chi connectivity index (χ0v) is 19.2. The molecule has 2 aromatic carbocycles. The Hall–Kier alpha value is -3.35. The number of hydrogen-bond donors (Lipinski definition) is 2.